The van der Waals surface area contributed by atoms with E-state index < -0.39 is 34.3 Å². The van der Waals surface area contributed by atoms with Gasteiger partial charge in [0.05, 0.1) is 10.6 Å². The van der Waals surface area contributed by atoms with Crippen molar-refractivity contribution in [3.05, 3.63) is 131 Å². The normalized spacial score (nSPS) is 11.9. The zero-order valence-corrected chi connectivity index (χ0v) is 26.8. The summed E-state index contributed by atoms with van der Waals surface area (Å²) < 4.78 is 43.2. The van der Waals surface area contributed by atoms with Crippen LogP contribution >= 0.6 is 0 Å². The molecule has 4 aromatic carbocycles. The maximum Gasteiger partial charge on any atom is 0.264 e. The second-order valence-corrected chi connectivity index (χ2v) is 13.0. The Morgan fingerprint density at radius 1 is 0.822 bits per heavy atom. The number of sulfonamides is 1. The highest BCUT2D eigenvalue weighted by atomic mass is 32.2. The van der Waals surface area contributed by atoms with Gasteiger partial charge in [0.15, 0.2) is 0 Å². The number of para-hydroxylation sites is 1. The topological polar surface area (TPSA) is 86.8 Å². The molecule has 236 valence electrons. The summed E-state index contributed by atoms with van der Waals surface area (Å²) in [7, 11) is -4.19. The molecule has 4 rings (SSSR count). The molecule has 0 saturated heterocycles. The summed E-state index contributed by atoms with van der Waals surface area (Å²) in [5.41, 5.74) is 3.38. The van der Waals surface area contributed by atoms with Crippen LogP contribution in [0.5, 0.6) is 0 Å². The van der Waals surface area contributed by atoms with Crippen molar-refractivity contribution in [1.29, 1.82) is 0 Å². The van der Waals surface area contributed by atoms with Crippen molar-refractivity contribution in [3.63, 3.8) is 0 Å². The number of nitrogens with zero attached hydrogens (tertiary/aromatic N) is 2. The van der Waals surface area contributed by atoms with E-state index in [4.69, 9.17) is 0 Å². The number of carbonyl (C=O) groups is 2. The third-order valence-electron chi connectivity index (χ3n) is 7.64. The van der Waals surface area contributed by atoms with Gasteiger partial charge in [0, 0.05) is 19.5 Å². The van der Waals surface area contributed by atoms with Crippen LogP contribution in [-0.2, 0) is 32.6 Å². The maximum absolute atomic E-state index is 14.5. The number of aryl methyl sites for hydroxylation is 2. The fourth-order valence-corrected chi connectivity index (χ4v) is 6.52. The molecule has 0 aliphatic carbocycles. The summed E-state index contributed by atoms with van der Waals surface area (Å²) in [6, 6.07) is 27.6. The number of hydrogen-bond acceptors (Lipinski definition) is 4. The third-order valence-corrected chi connectivity index (χ3v) is 9.41. The van der Waals surface area contributed by atoms with E-state index in [1.807, 2.05) is 44.2 Å². The Kier molecular flexibility index (Phi) is 11.5. The van der Waals surface area contributed by atoms with Crippen molar-refractivity contribution in [2.75, 3.05) is 17.4 Å². The fraction of sp³-hybridized carbons (Fsp3) is 0.278. The molecule has 0 radical (unpaired) electrons. The lowest BCUT2D eigenvalue weighted by Crippen LogP contribution is -2.53. The number of hydrogen-bond donors (Lipinski definition) is 1. The van der Waals surface area contributed by atoms with Crippen molar-refractivity contribution >= 4 is 27.5 Å². The summed E-state index contributed by atoms with van der Waals surface area (Å²) in [6.45, 7) is 5.54. The summed E-state index contributed by atoms with van der Waals surface area (Å²) in [6.07, 6.45) is 1.86. The summed E-state index contributed by atoms with van der Waals surface area (Å²) in [5.74, 6) is -1.33. The number of anilines is 1. The first-order valence-electron chi connectivity index (χ1n) is 15.1. The smallest absolute Gasteiger partial charge is 0.264 e. The highest BCUT2D eigenvalue weighted by Gasteiger charge is 2.35. The van der Waals surface area contributed by atoms with E-state index in [-0.39, 0.29) is 23.8 Å². The Balaban J connectivity index is 1.79. The number of halogens is 1. The predicted octanol–water partition coefficient (Wildman–Crippen LogP) is 6.19. The van der Waals surface area contributed by atoms with Gasteiger partial charge in [-0.15, -0.1) is 0 Å². The van der Waals surface area contributed by atoms with E-state index >= 15 is 0 Å². The predicted molar refractivity (Wildman–Crippen MR) is 176 cm³/mol. The van der Waals surface area contributed by atoms with Crippen molar-refractivity contribution in [3.8, 4) is 0 Å². The Morgan fingerprint density at radius 2 is 1.47 bits per heavy atom. The molecule has 45 heavy (non-hydrogen) atoms. The number of carbonyl (C=O) groups excluding carboxylic acids is 2. The molecule has 0 aliphatic heterocycles. The van der Waals surface area contributed by atoms with Gasteiger partial charge in [0.2, 0.25) is 11.8 Å². The first-order valence-corrected chi connectivity index (χ1v) is 16.5. The number of unbranched alkanes of at least 4 members (excludes halogenated alkanes) is 1. The maximum atomic E-state index is 14.5. The van der Waals surface area contributed by atoms with Crippen LogP contribution in [0.1, 0.15) is 42.0 Å². The van der Waals surface area contributed by atoms with Crippen LogP contribution in [0.2, 0.25) is 0 Å². The molecular formula is C36H40FN3O4S. The fourth-order valence-electron chi connectivity index (χ4n) is 5.04. The number of nitrogens with one attached hydrogen (secondary N) is 1. The Morgan fingerprint density at radius 3 is 2.11 bits per heavy atom. The average molecular weight is 630 g/mol. The lowest BCUT2D eigenvalue weighted by atomic mass is 10.0. The molecule has 2 amide bonds. The standard InChI is InChI=1S/C36H40FN3O4S/c1-4-5-23-38-36(42)34(24-29-12-7-6-8-13-29)39(25-30-17-19-31(37)20-18-30)35(41)26-40(33-14-10-9-11-28(33)3)45(43,44)32-21-15-27(2)16-22-32/h6-22,34H,4-5,23-26H2,1-3H3,(H,38,42)/t34-/m1/s1. The number of rotatable bonds is 14. The molecule has 1 N–H and O–H groups in total. The Hall–Kier alpha value is -4.50. The zero-order chi connectivity index (χ0) is 32.4. The molecule has 0 aromatic heterocycles. The summed E-state index contributed by atoms with van der Waals surface area (Å²) >= 11 is 0. The highest BCUT2D eigenvalue weighted by Crippen LogP contribution is 2.28. The SMILES string of the molecule is CCCCNC(=O)[C@@H](Cc1ccccc1)N(Cc1ccc(F)cc1)C(=O)CN(c1ccccc1C)S(=O)(=O)c1ccc(C)cc1. The zero-order valence-electron chi connectivity index (χ0n) is 25.9. The molecule has 1 atom stereocenters. The average Bonchev–Trinajstić information content (AvgIpc) is 3.03. The minimum Gasteiger partial charge on any atom is -0.354 e. The summed E-state index contributed by atoms with van der Waals surface area (Å²) in [4.78, 5) is 29.7. The van der Waals surface area contributed by atoms with E-state index in [0.29, 0.717) is 23.4 Å². The van der Waals surface area contributed by atoms with Gasteiger partial charge in [-0.05, 0) is 67.3 Å². The van der Waals surface area contributed by atoms with Crippen molar-refractivity contribution in [2.24, 2.45) is 0 Å². The van der Waals surface area contributed by atoms with Crippen LogP contribution in [0.15, 0.2) is 108 Å². The highest BCUT2D eigenvalue weighted by molar-refractivity contribution is 7.92. The second kappa shape index (κ2) is 15.5. The van der Waals surface area contributed by atoms with E-state index in [1.165, 1.54) is 29.2 Å². The lowest BCUT2D eigenvalue weighted by Gasteiger charge is -2.34. The van der Waals surface area contributed by atoms with Gasteiger partial charge < -0.3 is 10.2 Å². The molecule has 4 aromatic rings. The van der Waals surface area contributed by atoms with Crippen LogP contribution < -0.4 is 9.62 Å². The Bertz CT molecular complexity index is 1680. The summed E-state index contributed by atoms with van der Waals surface area (Å²) in [5, 5.41) is 2.96. The first kappa shape index (κ1) is 33.4. The molecule has 0 fully saturated rings. The van der Waals surface area contributed by atoms with Gasteiger partial charge in [-0.2, -0.15) is 0 Å². The molecule has 9 heteroatoms. The van der Waals surface area contributed by atoms with Gasteiger partial charge in [-0.3, -0.25) is 13.9 Å². The monoisotopic (exact) mass is 629 g/mol. The molecule has 0 spiro atoms. The molecule has 7 nitrogen and oxygen atoms in total. The quantitative estimate of drug-likeness (QED) is 0.169. The minimum atomic E-state index is -4.19. The van der Waals surface area contributed by atoms with Crippen molar-refractivity contribution in [2.45, 2.75) is 57.5 Å². The number of amides is 2. The molecule has 0 bridgehead atoms. The Labute approximate surface area is 265 Å². The first-order chi connectivity index (χ1) is 21.6. The van der Waals surface area contributed by atoms with Crippen molar-refractivity contribution in [1.82, 2.24) is 10.2 Å². The third kappa shape index (κ3) is 8.79. The second-order valence-electron chi connectivity index (χ2n) is 11.1. The van der Waals surface area contributed by atoms with Crippen LogP contribution in [0.3, 0.4) is 0 Å². The van der Waals surface area contributed by atoms with E-state index in [0.717, 1.165) is 28.3 Å². The van der Waals surface area contributed by atoms with Gasteiger partial charge in [0.25, 0.3) is 10.0 Å². The van der Waals surface area contributed by atoms with Gasteiger partial charge in [-0.25, -0.2) is 12.8 Å². The van der Waals surface area contributed by atoms with E-state index in [9.17, 15) is 22.4 Å². The molecule has 0 heterocycles. The minimum absolute atomic E-state index is 0.0238. The van der Waals surface area contributed by atoms with Crippen LogP contribution in [0.4, 0.5) is 10.1 Å². The van der Waals surface area contributed by atoms with Crippen LogP contribution in [0.25, 0.3) is 0 Å². The van der Waals surface area contributed by atoms with E-state index in [1.54, 1.807) is 55.5 Å². The van der Waals surface area contributed by atoms with Gasteiger partial charge in [0.1, 0.15) is 18.4 Å². The van der Waals surface area contributed by atoms with Crippen LogP contribution in [0, 0.1) is 19.7 Å². The molecule has 0 saturated carbocycles. The molecule has 0 unspecified atom stereocenters. The molecule has 0 aliphatic rings. The van der Waals surface area contributed by atoms with Gasteiger partial charge >= 0.3 is 0 Å². The lowest BCUT2D eigenvalue weighted by molar-refractivity contribution is -0.140. The number of benzene rings is 4. The van der Waals surface area contributed by atoms with Gasteiger partial charge in [-0.1, -0.05) is 91.7 Å². The van der Waals surface area contributed by atoms with Crippen molar-refractivity contribution < 1.29 is 22.4 Å². The molecular weight excluding hydrogens is 589 g/mol. The largest absolute Gasteiger partial charge is 0.354 e. The van der Waals surface area contributed by atoms with Crippen LogP contribution in [-0.4, -0.2) is 44.3 Å². The van der Waals surface area contributed by atoms with E-state index in [2.05, 4.69) is 5.32 Å².